The molecular formula is C17H23NO3S. The number of carbonyl (C=O) groups is 1. The third-order valence-electron chi connectivity index (χ3n) is 3.96. The Labute approximate surface area is 135 Å². The fourth-order valence-electron chi connectivity index (χ4n) is 2.93. The van der Waals surface area contributed by atoms with Gasteiger partial charge < -0.3 is 14.8 Å². The second-order valence-corrected chi connectivity index (χ2v) is 7.92. The summed E-state index contributed by atoms with van der Waals surface area (Å²) in [5.41, 5.74) is 0.939. The fraction of sp³-hybridized carbons (Fsp3) is 0.588. The zero-order valence-electron chi connectivity index (χ0n) is 13.2. The van der Waals surface area contributed by atoms with E-state index in [1.165, 1.54) is 18.6 Å². The van der Waals surface area contributed by atoms with Crippen LogP contribution in [0.3, 0.4) is 0 Å². The van der Waals surface area contributed by atoms with Crippen LogP contribution in [0, 0.1) is 0 Å². The van der Waals surface area contributed by atoms with Crippen molar-refractivity contribution < 1.29 is 14.3 Å². The summed E-state index contributed by atoms with van der Waals surface area (Å²) in [7, 11) is 0. The summed E-state index contributed by atoms with van der Waals surface area (Å²) in [5, 5.41) is 3.52. The number of nitrogens with one attached hydrogen (secondary N) is 1. The molecule has 5 heteroatoms. The van der Waals surface area contributed by atoms with Crippen LogP contribution in [0.4, 0.5) is 0 Å². The van der Waals surface area contributed by atoms with Crippen LogP contribution in [-0.4, -0.2) is 35.7 Å². The monoisotopic (exact) mass is 321 g/mol. The first kappa shape index (κ1) is 15.5. The lowest BCUT2D eigenvalue weighted by atomic mass is 10.0. The zero-order valence-corrected chi connectivity index (χ0v) is 14.0. The van der Waals surface area contributed by atoms with Gasteiger partial charge >= 0.3 is 0 Å². The maximum atomic E-state index is 11.9. The van der Waals surface area contributed by atoms with E-state index < -0.39 is 0 Å². The minimum absolute atomic E-state index is 0.0393. The maximum absolute atomic E-state index is 11.9. The van der Waals surface area contributed by atoms with E-state index in [0.717, 1.165) is 24.3 Å². The molecule has 120 valence electrons. The second kappa shape index (κ2) is 6.41. The van der Waals surface area contributed by atoms with Crippen LogP contribution in [0.5, 0.6) is 11.5 Å². The van der Waals surface area contributed by atoms with Gasteiger partial charge in [0.15, 0.2) is 18.1 Å². The van der Waals surface area contributed by atoms with Gasteiger partial charge in [-0.3, -0.25) is 4.79 Å². The minimum atomic E-state index is -0.205. The average Bonchev–Trinajstić information content (AvgIpc) is 3.08. The Hall–Kier alpha value is -1.36. The highest BCUT2D eigenvalue weighted by Crippen LogP contribution is 2.41. The lowest BCUT2D eigenvalue weighted by Gasteiger charge is -2.18. The van der Waals surface area contributed by atoms with Crippen molar-refractivity contribution >= 4 is 17.7 Å². The molecule has 0 aliphatic carbocycles. The Morgan fingerprint density at radius 2 is 2.36 bits per heavy atom. The lowest BCUT2D eigenvalue weighted by Crippen LogP contribution is -2.33. The smallest absolute Gasteiger partial charge is 0.257 e. The molecule has 0 aromatic heterocycles. The van der Waals surface area contributed by atoms with Gasteiger partial charge in [-0.25, -0.2) is 0 Å². The van der Waals surface area contributed by atoms with Crippen molar-refractivity contribution in [2.24, 2.45) is 0 Å². The van der Waals surface area contributed by atoms with Gasteiger partial charge in [0, 0.05) is 23.8 Å². The van der Waals surface area contributed by atoms with E-state index in [-0.39, 0.29) is 18.1 Å². The number of para-hydroxylation sites is 1. The minimum Gasteiger partial charge on any atom is -0.483 e. The fourth-order valence-corrected chi connectivity index (χ4v) is 4.13. The maximum Gasteiger partial charge on any atom is 0.257 e. The molecule has 0 spiro atoms. The third-order valence-corrected chi connectivity index (χ3v) is 5.36. The third kappa shape index (κ3) is 3.69. The van der Waals surface area contributed by atoms with Gasteiger partial charge in [-0.05, 0) is 38.5 Å². The number of hydrogen-bond donors (Lipinski definition) is 1. The number of thioether (sulfide) groups is 1. The van der Waals surface area contributed by atoms with Crippen molar-refractivity contribution in [3.8, 4) is 11.5 Å². The van der Waals surface area contributed by atoms with Crippen molar-refractivity contribution in [2.45, 2.75) is 44.0 Å². The number of carbonyl (C=O) groups excluding carboxylic acids is 1. The Kier molecular flexibility index (Phi) is 4.52. The molecule has 0 saturated carbocycles. The SMILES string of the molecule is CC1(C)Cc2cccc(OCC(=O)NC[C@@H]3CCCS3)c2O1. The van der Waals surface area contributed by atoms with E-state index >= 15 is 0 Å². The summed E-state index contributed by atoms with van der Waals surface area (Å²) in [6.07, 6.45) is 3.32. The number of rotatable bonds is 5. The highest BCUT2D eigenvalue weighted by Gasteiger charge is 2.32. The van der Waals surface area contributed by atoms with Crippen molar-refractivity contribution in [2.75, 3.05) is 18.9 Å². The molecule has 1 aromatic rings. The van der Waals surface area contributed by atoms with Crippen LogP contribution in [0.2, 0.25) is 0 Å². The van der Waals surface area contributed by atoms with Crippen LogP contribution in [0.25, 0.3) is 0 Å². The molecule has 0 unspecified atom stereocenters. The van der Waals surface area contributed by atoms with Crippen LogP contribution in [0.15, 0.2) is 18.2 Å². The molecule has 1 aromatic carbocycles. The predicted octanol–water partition coefficient (Wildman–Crippen LogP) is 2.79. The zero-order chi connectivity index (χ0) is 15.6. The van der Waals surface area contributed by atoms with Gasteiger partial charge in [-0.15, -0.1) is 0 Å². The molecule has 1 N–H and O–H groups in total. The largest absolute Gasteiger partial charge is 0.483 e. The summed E-state index contributed by atoms with van der Waals surface area (Å²) in [5.74, 6) is 2.59. The van der Waals surface area contributed by atoms with Crippen LogP contribution in [-0.2, 0) is 11.2 Å². The molecule has 1 saturated heterocycles. The highest BCUT2D eigenvalue weighted by atomic mass is 32.2. The first-order valence-corrected chi connectivity index (χ1v) is 8.90. The van der Waals surface area contributed by atoms with Crippen LogP contribution >= 0.6 is 11.8 Å². The molecule has 1 atom stereocenters. The van der Waals surface area contributed by atoms with E-state index in [0.29, 0.717) is 11.0 Å². The standard InChI is InChI=1S/C17H23NO3S/c1-17(2)9-12-5-3-7-14(16(12)21-17)20-11-15(19)18-10-13-6-4-8-22-13/h3,5,7,13H,4,6,8-11H2,1-2H3,(H,18,19)/t13-/m0/s1. The van der Waals surface area contributed by atoms with Crippen LogP contribution in [0.1, 0.15) is 32.3 Å². The Morgan fingerprint density at radius 3 is 3.14 bits per heavy atom. The number of benzene rings is 1. The van der Waals surface area contributed by atoms with Crippen molar-refractivity contribution in [3.63, 3.8) is 0 Å². The van der Waals surface area contributed by atoms with E-state index in [9.17, 15) is 4.79 Å². The molecule has 0 bridgehead atoms. The van der Waals surface area contributed by atoms with Crippen molar-refractivity contribution in [3.05, 3.63) is 23.8 Å². The van der Waals surface area contributed by atoms with E-state index in [1.54, 1.807) is 0 Å². The molecule has 2 aliphatic rings. The summed E-state index contributed by atoms with van der Waals surface area (Å²) in [6.45, 7) is 4.90. The van der Waals surface area contributed by atoms with E-state index in [1.807, 2.05) is 30.0 Å². The number of hydrogen-bond acceptors (Lipinski definition) is 4. The molecule has 1 fully saturated rings. The molecule has 1 amide bonds. The molecule has 22 heavy (non-hydrogen) atoms. The topological polar surface area (TPSA) is 47.6 Å². The van der Waals surface area contributed by atoms with E-state index in [4.69, 9.17) is 9.47 Å². The molecule has 2 aliphatic heterocycles. The van der Waals surface area contributed by atoms with Gasteiger partial charge in [0.25, 0.3) is 5.91 Å². The predicted molar refractivity (Wildman–Crippen MR) is 88.8 cm³/mol. The quantitative estimate of drug-likeness (QED) is 0.906. The molecular weight excluding hydrogens is 298 g/mol. The second-order valence-electron chi connectivity index (χ2n) is 6.51. The number of fused-ring (bicyclic) bond motifs is 1. The Balaban J connectivity index is 1.52. The van der Waals surface area contributed by atoms with Gasteiger partial charge in [-0.2, -0.15) is 11.8 Å². The number of ether oxygens (including phenoxy) is 2. The van der Waals surface area contributed by atoms with Crippen molar-refractivity contribution in [1.29, 1.82) is 0 Å². The first-order chi connectivity index (χ1) is 10.5. The summed E-state index contributed by atoms with van der Waals surface area (Å²) >= 11 is 1.94. The molecule has 3 rings (SSSR count). The molecule has 2 heterocycles. The summed E-state index contributed by atoms with van der Waals surface area (Å²) in [4.78, 5) is 11.9. The lowest BCUT2D eigenvalue weighted by molar-refractivity contribution is -0.123. The Bertz CT molecular complexity index is 553. The Morgan fingerprint density at radius 1 is 1.50 bits per heavy atom. The molecule has 4 nitrogen and oxygen atoms in total. The van der Waals surface area contributed by atoms with Gasteiger partial charge in [0.1, 0.15) is 5.60 Å². The summed E-state index contributed by atoms with van der Waals surface area (Å²) < 4.78 is 11.6. The van der Waals surface area contributed by atoms with Gasteiger partial charge in [0.2, 0.25) is 0 Å². The van der Waals surface area contributed by atoms with Crippen molar-refractivity contribution in [1.82, 2.24) is 5.32 Å². The highest BCUT2D eigenvalue weighted by molar-refractivity contribution is 8.00. The average molecular weight is 321 g/mol. The normalized spacial score (nSPS) is 22.0. The summed E-state index contributed by atoms with van der Waals surface area (Å²) in [6, 6.07) is 5.86. The first-order valence-electron chi connectivity index (χ1n) is 7.85. The van der Waals surface area contributed by atoms with E-state index in [2.05, 4.69) is 19.2 Å². The van der Waals surface area contributed by atoms with Gasteiger partial charge in [0.05, 0.1) is 0 Å². The van der Waals surface area contributed by atoms with Crippen LogP contribution < -0.4 is 14.8 Å². The number of amides is 1. The molecule has 0 radical (unpaired) electrons. The van der Waals surface area contributed by atoms with Gasteiger partial charge in [-0.1, -0.05) is 12.1 Å².